The predicted molar refractivity (Wildman–Crippen MR) is 277 cm³/mol. The minimum atomic E-state index is -1.68. The standard InChI is InChI=1S/C56H95NO17/c1-10-12-14-16-18-20-22-24-25-27-29-31-33-35-37-49(69-42(5)60)55(65)57-47(51(70-43(6)61)48(68-41(4)59)36-34-32-30-28-26-23-21-19-17-15-13-11-2)38-67-56-54(73-46(9)64)53(72-45(8)63)52(71-44(7)62)50(74-56)39-66-40(3)58/h28,30,47-54,56H,10-27,29,31-39H2,1-9H3,(H,57,65)/b30-28-/t47-,48+,49+,50+,51-,52+,53-,54+,56+/m0/s1. The van der Waals surface area contributed by atoms with Crippen molar-refractivity contribution in [3.8, 4) is 0 Å². The summed E-state index contributed by atoms with van der Waals surface area (Å²) in [4.78, 5) is 102. The third kappa shape index (κ3) is 32.7. The van der Waals surface area contributed by atoms with Gasteiger partial charge in [-0.1, -0.05) is 148 Å². The fourth-order valence-electron chi connectivity index (χ4n) is 8.99. The number of esters is 7. The van der Waals surface area contributed by atoms with Crippen LogP contribution >= 0.6 is 0 Å². The van der Waals surface area contributed by atoms with E-state index in [0.29, 0.717) is 19.3 Å². The van der Waals surface area contributed by atoms with E-state index in [9.17, 15) is 38.4 Å². The summed E-state index contributed by atoms with van der Waals surface area (Å²) in [5, 5.41) is 2.84. The van der Waals surface area contributed by atoms with Crippen LogP contribution in [0.25, 0.3) is 0 Å². The summed E-state index contributed by atoms with van der Waals surface area (Å²) >= 11 is 0. The van der Waals surface area contributed by atoms with Crippen LogP contribution in [0.5, 0.6) is 0 Å². The van der Waals surface area contributed by atoms with Crippen LogP contribution in [-0.2, 0) is 81.0 Å². The lowest BCUT2D eigenvalue weighted by atomic mass is 9.97. The number of unbranched alkanes of at least 4 members (excludes halogenated alkanes) is 21. The summed E-state index contributed by atoms with van der Waals surface area (Å²) in [6.07, 6.45) is 19.2. The first-order valence-corrected chi connectivity index (χ1v) is 27.8. The molecule has 0 aromatic heterocycles. The summed E-state index contributed by atoms with van der Waals surface area (Å²) in [6.45, 7) is 11.2. The van der Waals surface area contributed by atoms with Crippen LogP contribution in [0, 0.1) is 0 Å². The van der Waals surface area contributed by atoms with Crippen LogP contribution in [0.15, 0.2) is 12.2 Å². The minimum absolute atomic E-state index is 0.174. The number of allylic oxidation sites excluding steroid dienone is 2. The molecule has 1 aliphatic heterocycles. The van der Waals surface area contributed by atoms with E-state index in [-0.39, 0.29) is 12.8 Å². The van der Waals surface area contributed by atoms with Gasteiger partial charge in [0.15, 0.2) is 36.8 Å². The highest BCUT2D eigenvalue weighted by atomic mass is 16.7. The molecule has 0 saturated carbocycles. The predicted octanol–water partition coefficient (Wildman–Crippen LogP) is 10.1. The van der Waals surface area contributed by atoms with Crippen molar-refractivity contribution < 1.29 is 81.0 Å². The summed E-state index contributed by atoms with van der Waals surface area (Å²) in [5.41, 5.74) is 0. The Morgan fingerprint density at radius 1 is 0.473 bits per heavy atom. The Hall–Kier alpha value is -4.58. The van der Waals surface area contributed by atoms with Crippen LogP contribution in [0.4, 0.5) is 0 Å². The normalized spacial score (nSPS) is 19.1. The van der Waals surface area contributed by atoms with Crippen LogP contribution in [-0.4, -0.2) is 116 Å². The van der Waals surface area contributed by atoms with Gasteiger partial charge in [-0.05, 0) is 44.9 Å². The third-order valence-electron chi connectivity index (χ3n) is 12.5. The molecule has 1 amide bonds. The van der Waals surface area contributed by atoms with Crippen molar-refractivity contribution in [1.29, 1.82) is 0 Å². The van der Waals surface area contributed by atoms with Gasteiger partial charge in [0.1, 0.15) is 18.8 Å². The smallest absolute Gasteiger partial charge is 0.303 e. The van der Waals surface area contributed by atoms with Gasteiger partial charge in [-0.15, -0.1) is 0 Å². The molecule has 1 rings (SSSR count). The Labute approximate surface area is 442 Å². The Bertz CT molecular complexity index is 1650. The number of hydrogen-bond acceptors (Lipinski definition) is 17. The maximum absolute atomic E-state index is 14.4. The minimum Gasteiger partial charge on any atom is -0.463 e. The Morgan fingerprint density at radius 2 is 0.919 bits per heavy atom. The number of amides is 1. The van der Waals surface area contributed by atoms with E-state index in [0.717, 1.165) is 79.6 Å². The number of ether oxygens (including phenoxy) is 9. The average molecular weight is 1050 g/mol. The van der Waals surface area contributed by atoms with Crippen LogP contribution in [0.3, 0.4) is 0 Å². The molecule has 9 atom stereocenters. The quantitative estimate of drug-likeness (QED) is 0.0259. The molecule has 74 heavy (non-hydrogen) atoms. The van der Waals surface area contributed by atoms with Gasteiger partial charge in [0.2, 0.25) is 0 Å². The van der Waals surface area contributed by atoms with E-state index in [1.54, 1.807) is 0 Å². The van der Waals surface area contributed by atoms with Gasteiger partial charge >= 0.3 is 41.8 Å². The molecule has 1 saturated heterocycles. The van der Waals surface area contributed by atoms with Crippen LogP contribution in [0.1, 0.15) is 229 Å². The van der Waals surface area contributed by atoms with E-state index < -0.39 is 116 Å². The zero-order valence-electron chi connectivity index (χ0n) is 46.6. The Morgan fingerprint density at radius 3 is 1.39 bits per heavy atom. The van der Waals surface area contributed by atoms with Gasteiger partial charge in [-0.25, -0.2) is 0 Å². The van der Waals surface area contributed by atoms with Crippen molar-refractivity contribution in [3.63, 3.8) is 0 Å². The molecule has 1 N–H and O–H groups in total. The summed E-state index contributed by atoms with van der Waals surface area (Å²) in [5.74, 6) is -6.20. The lowest BCUT2D eigenvalue weighted by Crippen LogP contribution is -2.63. The first-order valence-electron chi connectivity index (χ1n) is 27.8. The maximum atomic E-state index is 14.4. The van der Waals surface area contributed by atoms with E-state index in [4.69, 9.17) is 42.6 Å². The molecule has 0 aromatic rings. The monoisotopic (exact) mass is 1050 g/mol. The highest BCUT2D eigenvalue weighted by Gasteiger charge is 2.53. The lowest BCUT2D eigenvalue weighted by Gasteiger charge is -2.44. The molecule has 1 aliphatic rings. The molecule has 0 aromatic carbocycles. The molecule has 18 nitrogen and oxygen atoms in total. The van der Waals surface area contributed by atoms with Crippen LogP contribution < -0.4 is 5.32 Å². The van der Waals surface area contributed by atoms with E-state index in [1.807, 2.05) is 0 Å². The Balaban J connectivity index is 3.53. The molecule has 0 aliphatic carbocycles. The number of hydrogen-bond donors (Lipinski definition) is 1. The highest BCUT2D eigenvalue weighted by molar-refractivity contribution is 5.83. The van der Waals surface area contributed by atoms with Crippen molar-refractivity contribution >= 4 is 47.7 Å². The van der Waals surface area contributed by atoms with Crippen molar-refractivity contribution in [1.82, 2.24) is 5.32 Å². The van der Waals surface area contributed by atoms with Crippen molar-refractivity contribution in [2.24, 2.45) is 0 Å². The van der Waals surface area contributed by atoms with E-state index in [2.05, 4.69) is 31.3 Å². The first kappa shape index (κ1) is 67.4. The maximum Gasteiger partial charge on any atom is 0.303 e. The summed E-state index contributed by atoms with van der Waals surface area (Å²) in [7, 11) is 0. The molecule has 18 heteroatoms. The second-order valence-corrected chi connectivity index (χ2v) is 19.5. The molecule has 1 heterocycles. The summed E-state index contributed by atoms with van der Waals surface area (Å²) in [6, 6.07) is -1.37. The fourth-order valence-corrected chi connectivity index (χ4v) is 8.99. The number of nitrogens with one attached hydrogen (secondary N) is 1. The highest BCUT2D eigenvalue weighted by Crippen LogP contribution is 2.31. The fraction of sp³-hybridized carbons (Fsp3) is 0.821. The SMILES string of the molecule is CCCCCCCCC/C=C\CCC[C@@H](OC(C)=O)[C@@H](OC(C)=O)[C@H](CO[C@@H]1O[C@H](COC(C)=O)[C@@H](OC(C)=O)[C@H](OC(C)=O)[C@H]1OC(C)=O)NC(=O)[C@@H](CCCCCCCCCCCCCCCC)OC(C)=O. The molecular weight excluding hydrogens is 959 g/mol. The number of rotatable bonds is 42. The zero-order valence-corrected chi connectivity index (χ0v) is 46.6. The molecule has 0 spiro atoms. The zero-order chi connectivity index (χ0) is 55.1. The molecule has 0 bridgehead atoms. The topological polar surface area (TPSA) is 232 Å². The van der Waals surface area contributed by atoms with Gasteiger partial charge in [-0.2, -0.15) is 0 Å². The first-order chi connectivity index (χ1) is 35.4. The van der Waals surface area contributed by atoms with Gasteiger partial charge in [-0.3, -0.25) is 38.4 Å². The largest absolute Gasteiger partial charge is 0.463 e. The van der Waals surface area contributed by atoms with Gasteiger partial charge < -0.3 is 47.9 Å². The Kier molecular flexibility index (Phi) is 37.9. The third-order valence-corrected chi connectivity index (χ3v) is 12.5. The van der Waals surface area contributed by atoms with Crippen molar-refractivity contribution in [2.75, 3.05) is 13.2 Å². The number of carbonyl (C=O) groups is 8. The second-order valence-electron chi connectivity index (χ2n) is 19.5. The van der Waals surface area contributed by atoms with Crippen molar-refractivity contribution in [2.45, 2.75) is 284 Å². The van der Waals surface area contributed by atoms with Gasteiger partial charge in [0, 0.05) is 48.5 Å². The van der Waals surface area contributed by atoms with Gasteiger partial charge in [0.25, 0.3) is 5.91 Å². The van der Waals surface area contributed by atoms with E-state index in [1.165, 1.54) is 104 Å². The lowest BCUT2D eigenvalue weighted by molar-refractivity contribution is -0.310. The van der Waals surface area contributed by atoms with E-state index >= 15 is 0 Å². The second kappa shape index (κ2) is 41.6. The number of carbonyl (C=O) groups excluding carboxylic acids is 8. The molecule has 0 unspecified atom stereocenters. The van der Waals surface area contributed by atoms with Crippen LogP contribution in [0.2, 0.25) is 0 Å². The molecule has 1 fully saturated rings. The molecule has 0 radical (unpaired) electrons. The van der Waals surface area contributed by atoms with Gasteiger partial charge in [0.05, 0.1) is 12.6 Å². The average Bonchev–Trinajstić information content (AvgIpc) is 3.32. The van der Waals surface area contributed by atoms with Crippen molar-refractivity contribution in [3.05, 3.63) is 12.2 Å². The summed E-state index contributed by atoms with van der Waals surface area (Å²) < 4.78 is 51.6. The molecular formula is C56H95NO17. The molecule has 426 valence electrons.